The monoisotopic (exact) mass is 444 g/mol. The zero-order valence-corrected chi connectivity index (χ0v) is 19.1. The molecule has 4 aromatic rings. The summed E-state index contributed by atoms with van der Waals surface area (Å²) in [7, 11) is 1.78. The van der Waals surface area contributed by atoms with Crippen molar-refractivity contribution in [2.24, 2.45) is 0 Å². The van der Waals surface area contributed by atoms with Crippen LogP contribution >= 0.6 is 0 Å². The highest BCUT2D eigenvalue weighted by atomic mass is 16.5. The Balaban J connectivity index is 1.46. The zero-order chi connectivity index (χ0) is 22.8. The van der Waals surface area contributed by atoms with E-state index in [1.54, 1.807) is 13.3 Å². The van der Waals surface area contributed by atoms with Crippen molar-refractivity contribution in [3.05, 3.63) is 60.2 Å². The molecule has 1 aliphatic rings. The number of hydrogen-bond acceptors (Lipinski definition) is 8. The molecule has 1 fully saturated rings. The van der Waals surface area contributed by atoms with Gasteiger partial charge in [0.25, 0.3) is 0 Å². The molecule has 0 amide bonds. The predicted octanol–water partition coefficient (Wildman–Crippen LogP) is 4.24. The van der Waals surface area contributed by atoms with E-state index in [9.17, 15) is 0 Å². The minimum atomic E-state index is 0.305. The van der Waals surface area contributed by atoms with Gasteiger partial charge in [-0.25, -0.2) is 9.97 Å². The highest BCUT2D eigenvalue weighted by Gasteiger charge is 2.21. The van der Waals surface area contributed by atoms with E-state index < -0.39 is 0 Å². The largest absolute Gasteiger partial charge is 0.381 e. The van der Waals surface area contributed by atoms with Crippen molar-refractivity contribution in [3.63, 3.8) is 0 Å². The number of nitrogens with one attached hydrogen (secondary N) is 2. The number of ether oxygens (including phenoxy) is 1. The Labute approximate surface area is 192 Å². The SMILES string of the molecule is COC1CCN(c2cc(Nc3ccn4ccnc4c3)nc(Nc3cc(C)cc(C)n3)n2)CC1. The van der Waals surface area contributed by atoms with Crippen LogP contribution in [0.25, 0.3) is 5.65 Å². The maximum atomic E-state index is 5.53. The van der Waals surface area contributed by atoms with Gasteiger partial charge in [-0.2, -0.15) is 9.97 Å². The van der Waals surface area contributed by atoms with E-state index in [0.717, 1.165) is 60.2 Å². The summed E-state index contributed by atoms with van der Waals surface area (Å²) >= 11 is 0. The summed E-state index contributed by atoms with van der Waals surface area (Å²) in [6, 6.07) is 10.0. The van der Waals surface area contributed by atoms with E-state index in [4.69, 9.17) is 14.7 Å². The van der Waals surface area contributed by atoms with Crippen LogP contribution in [0.1, 0.15) is 24.1 Å². The second-order valence-electron chi connectivity index (χ2n) is 8.39. The Hall–Kier alpha value is -3.72. The van der Waals surface area contributed by atoms with Crippen molar-refractivity contribution in [2.75, 3.05) is 35.7 Å². The molecule has 0 radical (unpaired) electrons. The smallest absolute Gasteiger partial charge is 0.232 e. The molecule has 5 rings (SSSR count). The lowest BCUT2D eigenvalue weighted by atomic mass is 10.1. The van der Waals surface area contributed by atoms with Gasteiger partial charge in [-0.3, -0.25) is 0 Å². The number of hydrogen-bond donors (Lipinski definition) is 2. The summed E-state index contributed by atoms with van der Waals surface area (Å²) in [6.45, 7) is 5.80. The Bertz CT molecular complexity index is 1240. The molecule has 9 heteroatoms. The maximum absolute atomic E-state index is 5.53. The number of piperidine rings is 1. The predicted molar refractivity (Wildman–Crippen MR) is 130 cm³/mol. The first-order valence-corrected chi connectivity index (χ1v) is 11.1. The molecule has 9 nitrogen and oxygen atoms in total. The normalized spacial score (nSPS) is 14.6. The van der Waals surface area contributed by atoms with Crippen LogP contribution in [0.4, 0.5) is 29.1 Å². The average molecular weight is 445 g/mol. The van der Waals surface area contributed by atoms with Crippen molar-refractivity contribution in [3.8, 4) is 0 Å². The minimum Gasteiger partial charge on any atom is -0.381 e. The molecular weight excluding hydrogens is 416 g/mol. The molecule has 0 aliphatic carbocycles. The summed E-state index contributed by atoms with van der Waals surface area (Å²) in [5.74, 6) is 2.81. The number of imidazole rings is 1. The molecule has 4 aromatic heterocycles. The molecule has 1 aliphatic heterocycles. The third-order valence-corrected chi connectivity index (χ3v) is 5.82. The van der Waals surface area contributed by atoms with E-state index >= 15 is 0 Å². The van der Waals surface area contributed by atoms with Gasteiger partial charge in [-0.15, -0.1) is 0 Å². The van der Waals surface area contributed by atoms with Gasteiger partial charge >= 0.3 is 0 Å². The van der Waals surface area contributed by atoms with Gasteiger partial charge in [0.1, 0.15) is 23.1 Å². The maximum Gasteiger partial charge on any atom is 0.232 e. The number of fused-ring (bicyclic) bond motifs is 1. The molecule has 0 unspecified atom stereocenters. The number of pyridine rings is 2. The summed E-state index contributed by atoms with van der Waals surface area (Å²) < 4.78 is 7.50. The van der Waals surface area contributed by atoms with Crippen LogP contribution in [0, 0.1) is 13.8 Å². The van der Waals surface area contributed by atoms with Crippen LogP contribution < -0.4 is 15.5 Å². The highest BCUT2D eigenvalue weighted by molar-refractivity contribution is 5.65. The van der Waals surface area contributed by atoms with Gasteiger partial charge in [0.2, 0.25) is 5.95 Å². The van der Waals surface area contributed by atoms with E-state index in [-0.39, 0.29) is 0 Å². The van der Waals surface area contributed by atoms with Gasteiger partial charge in [0.15, 0.2) is 0 Å². The number of rotatable bonds is 6. The lowest BCUT2D eigenvalue weighted by molar-refractivity contribution is 0.0818. The fourth-order valence-electron chi connectivity index (χ4n) is 4.19. The molecule has 0 atom stereocenters. The van der Waals surface area contributed by atoms with Crippen molar-refractivity contribution < 1.29 is 4.74 Å². The molecule has 0 aromatic carbocycles. The Kier molecular flexibility index (Phi) is 5.78. The van der Waals surface area contributed by atoms with Crippen molar-refractivity contribution >= 4 is 34.7 Å². The Morgan fingerprint density at radius 1 is 0.939 bits per heavy atom. The van der Waals surface area contributed by atoms with E-state index in [1.165, 1.54) is 0 Å². The molecule has 0 saturated carbocycles. The van der Waals surface area contributed by atoms with Gasteiger partial charge in [0, 0.05) is 62.3 Å². The van der Waals surface area contributed by atoms with E-state index in [0.29, 0.717) is 17.9 Å². The van der Waals surface area contributed by atoms with Gasteiger partial charge in [-0.1, -0.05) is 0 Å². The number of anilines is 5. The first-order valence-electron chi connectivity index (χ1n) is 11.1. The second-order valence-corrected chi connectivity index (χ2v) is 8.39. The lowest BCUT2D eigenvalue weighted by Gasteiger charge is -2.32. The van der Waals surface area contributed by atoms with Gasteiger partial charge < -0.3 is 24.7 Å². The number of nitrogens with zero attached hydrogens (tertiary/aromatic N) is 6. The molecule has 5 heterocycles. The fraction of sp³-hybridized carbons (Fsp3) is 0.333. The summed E-state index contributed by atoms with van der Waals surface area (Å²) in [5.41, 5.74) is 3.86. The molecule has 2 N–H and O–H groups in total. The van der Waals surface area contributed by atoms with Crippen LogP contribution in [0.2, 0.25) is 0 Å². The topological polar surface area (TPSA) is 92.5 Å². The van der Waals surface area contributed by atoms with Gasteiger partial charge in [-0.05, 0) is 50.5 Å². The number of methoxy groups -OCH3 is 1. The second kappa shape index (κ2) is 9.03. The van der Waals surface area contributed by atoms with Crippen molar-refractivity contribution in [1.29, 1.82) is 0 Å². The Morgan fingerprint density at radius 2 is 1.76 bits per heavy atom. The first kappa shape index (κ1) is 21.1. The zero-order valence-electron chi connectivity index (χ0n) is 19.1. The summed E-state index contributed by atoms with van der Waals surface area (Å²) in [6.07, 6.45) is 7.93. The molecule has 0 spiro atoms. The van der Waals surface area contributed by atoms with Gasteiger partial charge in [0.05, 0.1) is 6.10 Å². The fourth-order valence-corrected chi connectivity index (χ4v) is 4.19. The number of aromatic nitrogens is 5. The van der Waals surface area contributed by atoms with Crippen molar-refractivity contribution in [2.45, 2.75) is 32.8 Å². The van der Waals surface area contributed by atoms with Crippen molar-refractivity contribution in [1.82, 2.24) is 24.3 Å². The minimum absolute atomic E-state index is 0.305. The van der Waals surface area contributed by atoms with Crippen LogP contribution in [0.15, 0.2) is 48.9 Å². The summed E-state index contributed by atoms with van der Waals surface area (Å²) in [4.78, 5) is 20.8. The summed E-state index contributed by atoms with van der Waals surface area (Å²) in [5, 5.41) is 6.71. The highest BCUT2D eigenvalue weighted by Crippen LogP contribution is 2.26. The van der Waals surface area contributed by atoms with E-state index in [2.05, 4.69) is 32.4 Å². The number of aryl methyl sites for hydroxylation is 2. The molecule has 1 saturated heterocycles. The molecule has 33 heavy (non-hydrogen) atoms. The molecular formula is C24H28N8O. The first-order chi connectivity index (χ1) is 16.1. The molecule has 0 bridgehead atoms. The van der Waals surface area contributed by atoms with Crippen LogP contribution in [-0.4, -0.2) is 50.6 Å². The standard InChI is InChI=1S/C24H28N8O/c1-16-12-17(2)26-20(13-16)28-24-29-21(27-18-4-8-32-11-7-25-22(32)14-18)15-23(30-24)31-9-5-19(33-3)6-10-31/h4,7-8,11-15,19H,5-6,9-10H2,1-3H3,(H2,26,27,28,29,30). The van der Waals surface area contributed by atoms with Crippen LogP contribution in [0.5, 0.6) is 0 Å². The average Bonchev–Trinajstić information content (AvgIpc) is 3.26. The third-order valence-electron chi connectivity index (χ3n) is 5.82. The van der Waals surface area contributed by atoms with Crippen LogP contribution in [-0.2, 0) is 4.74 Å². The third kappa shape index (κ3) is 4.88. The molecule has 170 valence electrons. The Morgan fingerprint density at radius 3 is 2.55 bits per heavy atom. The van der Waals surface area contributed by atoms with Crippen LogP contribution in [0.3, 0.4) is 0 Å². The quantitative estimate of drug-likeness (QED) is 0.456. The van der Waals surface area contributed by atoms with E-state index in [1.807, 2.05) is 54.0 Å². The lowest BCUT2D eigenvalue weighted by Crippen LogP contribution is -2.37.